The number of aromatic nitrogens is 1. The van der Waals surface area contributed by atoms with E-state index in [9.17, 15) is 9.18 Å². The molecule has 1 saturated carbocycles. The van der Waals surface area contributed by atoms with Crippen LogP contribution in [0.3, 0.4) is 0 Å². The number of carbonyl (C=O) groups is 1. The molecule has 0 bridgehead atoms. The van der Waals surface area contributed by atoms with Gasteiger partial charge in [0.25, 0.3) is 0 Å². The molecule has 2 nitrogen and oxygen atoms in total. The van der Waals surface area contributed by atoms with Crippen molar-refractivity contribution in [2.45, 2.75) is 52.4 Å². The van der Waals surface area contributed by atoms with Crippen molar-refractivity contribution in [2.24, 2.45) is 5.92 Å². The molecule has 3 rings (SSSR count). The monoisotopic (exact) mass is 313 g/mol. The van der Waals surface area contributed by atoms with Crippen molar-refractivity contribution in [2.75, 3.05) is 0 Å². The molecule has 23 heavy (non-hydrogen) atoms. The number of nitrogens with zero attached hydrogens (tertiary/aromatic N) is 1. The van der Waals surface area contributed by atoms with Crippen molar-refractivity contribution in [1.29, 1.82) is 0 Å². The van der Waals surface area contributed by atoms with E-state index in [1.165, 1.54) is 44.2 Å². The van der Waals surface area contributed by atoms with Crippen molar-refractivity contribution in [3.63, 3.8) is 0 Å². The van der Waals surface area contributed by atoms with E-state index < -0.39 is 0 Å². The molecular weight excluding hydrogens is 289 g/mol. The topological polar surface area (TPSA) is 22.0 Å². The number of Topliss-reactive ketones (excluding diaryl/α,β-unsaturated/α-hetero) is 1. The van der Waals surface area contributed by atoms with Gasteiger partial charge in [-0.05, 0) is 50.1 Å². The van der Waals surface area contributed by atoms with E-state index >= 15 is 0 Å². The Morgan fingerprint density at radius 3 is 2.43 bits per heavy atom. The summed E-state index contributed by atoms with van der Waals surface area (Å²) in [6.45, 7) is 3.97. The summed E-state index contributed by atoms with van der Waals surface area (Å²) in [5, 5.41) is 0. The van der Waals surface area contributed by atoms with E-state index in [4.69, 9.17) is 0 Å². The average Bonchev–Trinajstić information content (AvgIpc) is 2.84. The minimum atomic E-state index is -0.246. The van der Waals surface area contributed by atoms with E-state index in [0.717, 1.165) is 22.6 Å². The summed E-state index contributed by atoms with van der Waals surface area (Å²) in [7, 11) is 0. The molecule has 3 heteroatoms. The maximum Gasteiger partial charge on any atom is 0.164 e. The third-order valence-corrected chi connectivity index (χ3v) is 5.02. The Labute approximate surface area is 137 Å². The lowest BCUT2D eigenvalue weighted by atomic mass is 9.85. The van der Waals surface area contributed by atoms with Crippen LogP contribution in [-0.2, 0) is 0 Å². The summed E-state index contributed by atoms with van der Waals surface area (Å²) in [4.78, 5) is 12.7. The van der Waals surface area contributed by atoms with Gasteiger partial charge in [-0.3, -0.25) is 4.79 Å². The third kappa shape index (κ3) is 3.39. The first-order valence-electron chi connectivity index (χ1n) is 8.54. The summed E-state index contributed by atoms with van der Waals surface area (Å²) in [5.41, 5.74) is 3.69. The van der Waals surface area contributed by atoms with Crippen LogP contribution in [0.25, 0.3) is 5.69 Å². The van der Waals surface area contributed by atoms with E-state index in [1.54, 1.807) is 12.1 Å². The van der Waals surface area contributed by atoms with Crippen LogP contribution in [0.15, 0.2) is 30.3 Å². The van der Waals surface area contributed by atoms with Gasteiger partial charge in [-0.15, -0.1) is 0 Å². The molecule has 1 fully saturated rings. The van der Waals surface area contributed by atoms with Gasteiger partial charge in [-0.1, -0.05) is 32.1 Å². The average molecular weight is 313 g/mol. The van der Waals surface area contributed by atoms with Gasteiger partial charge < -0.3 is 4.57 Å². The SMILES string of the molecule is Cc1cc(C(=O)CC2CCCCC2)c(C)n1-c1ccc(F)cc1. The van der Waals surface area contributed by atoms with E-state index in [2.05, 4.69) is 0 Å². The predicted molar refractivity (Wildman–Crippen MR) is 90.7 cm³/mol. The summed E-state index contributed by atoms with van der Waals surface area (Å²) in [6, 6.07) is 8.40. The largest absolute Gasteiger partial charge is 0.318 e. The van der Waals surface area contributed by atoms with E-state index in [1.807, 2.05) is 24.5 Å². The Balaban J connectivity index is 1.85. The molecule has 0 aliphatic heterocycles. The van der Waals surface area contributed by atoms with Crippen LogP contribution in [0.4, 0.5) is 4.39 Å². The molecule has 0 amide bonds. The van der Waals surface area contributed by atoms with Crippen LogP contribution in [0.5, 0.6) is 0 Å². The molecule has 0 unspecified atom stereocenters. The summed E-state index contributed by atoms with van der Waals surface area (Å²) >= 11 is 0. The van der Waals surface area contributed by atoms with Gasteiger partial charge in [-0.2, -0.15) is 0 Å². The number of hydrogen-bond acceptors (Lipinski definition) is 1. The number of rotatable bonds is 4. The Kier molecular flexibility index (Phi) is 4.65. The van der Waals surface area contributed by atoms with Crippen molar-refractivity contribution >= 4 is 5.78 Å². The quantitative estimate of drug-likeness (QED) is 0.694. The van der Waals surface area contributed by atoms with Crippen LogP contribution in [0.1, 0.15) is 60.3 Å². The smallest absolute Gasteiger partial charge is 0.164 e. The van der Waals surface area contributed by atoms with Gasteiger partial charge in [0.05, 0.1) is 0 Å². The molecule has 1 aliphatic carbocycles. The molecule has 1 aromatic carbocycles. The predicted octanol–water partition coefficient (Wildman–Crippen LogP) is 5.39. The van der Waals surface area contributed by atoms with Crippen molar-refractivity contribution < 1.29 is 9.18 Å². The molecule has 2 aromatic rings. The van der Waals surface area contributed by atoms with Crippen LogP contribution in [0, 0.1) is 25.6 Å². The molecule has 1 aromatic heterocycles. The van der Waals surface area contributed by atoms with Crippen molar-refractivity contribution in [1.82, 2.24) is 4.57 Å². The highest BCUT2D eigenvalue weighted by molar-refractivity contribution is 5.97. The van der Waals surface area contributed by atoms with Gasteiger partial charge >= 0.3 is 0 Å². The lowest BCUT2D eigenvalue weighted by Gasteiger charge is -2.20. The highest BCUT2D eigenvalue weighted by Crippen LogP contribution is 2.29. The Morgan fingerprint density at radius 1 is 1.13 bits per heavy atom. The number of halogens is 1. The van der Waals surface area contributed by atoms with Gasteiger partial charge in [0.15, 0.2) is 5.78 Å². The zero-order chi connectivity index (χ0) is 16.4. The molecule has 0 saturated heterocycles. The van der Waals surface area contributed by atoms with Gasteiger partial charge in [0, 0.05) is 29.1 Å². The third-order valence-electron chi connectivity index (χ3n) is 5.02. The Bertz CT molecular complexity index is 693. The first-order valence-corrected chi connectivity index (χ1v) is 8.54. The molecule has 0 radical (unpaired) electrons. The second-order valence-corrected chi connectivity index (χ2v) is 6.73. The zero-order valence-electron chi connectivity index (χ0n) is 13.9. The van der Waals surface area contributed by atoms with Crippen molar-refractivity contribution in [3.8, 4) is 5.69 Å². The molecule has 0 atom stereocenters. The highest BCUT2D eigenvalue weighted by Gasteiger charge is 2.21. The fourth-order valence-electron chi connectivity index (χ4n) is 3.80. The van der Waals surface area contributed by atoms with E-state index in [-0.39, 0.29) is 11.6 Å². The summed E-state index contributed by atoms with van der Waals surface area (Å²) in [6.07, 6.45) is 6.85. The number of aryl methyl sites for hydroxylation is 1. The molecule has 0 N–H and O–H groups in total. The second-order valence-electron chi connectivity index (χ2n) is 6.73. The fraction of sp³-hybridized carbons (Fsp3) is 0.450. The highest BCUT2D eigenvalue weighted by atomic mass is 19.1. The Morgan fingerprint density at radius 2 is 1.78 bits per heavy atom. The lowest BCUT2D eigenvalue weighted by Crippen LogP contribution is -2.13. The molecule has 122 valence electrons. The maximum absolute atomic E-state index is 13.1. The minimum Gasteiger partial charge on any atom is -0.318 e. The summed E-state index contributed by atoms with van der Waals surface area (Å²) < 4.78 is 15.2. The fourth-order valence-corrected chi connectivity index (χ4v) is 3.80. The van der Waals surface area contributed by atoms with Gasteiger partial charge in [0.2, 0.25) is 0 Å². The number of carbonyl (C=O) groups excluding carboxylic acids is 1. The minimum absolute atomic E-state index is 0.246. The first kappa shape index (κ1) is 16.0. The van der Waals surface area contributed by atoms with Crippen LogP contribution in [-0.4, -0.2) is 10.4 Å². The zero-order valence-corrected chi connectivity index (χ0v) is 13.9. The second kappa shape index (κ2) is 6.69. The number of ketones is 1. The standard InChI is InChI=1S/C20H24FNO/c1-14-12-19(20(23)13-16-6-4-3-5-7-16)15(2)22(14)18-10-8-17(21)9-11-18/h8-12,16H,3-7,13H2,1-2H3. The molecular formula is C20H24FNO. The first-order chi connectivity index (χ1) is 11.1. The van der Waals surface area contributed by atoms with Gasteiger partial charge in [-0.25, -0.2) is 4.39 Å². The normalized spacial score (nSPS) is 15.8. The Hall–Kier alpha value is -1.90. The number of hydrogen-bond donors (Lipinski definition) is 0. The molecule has 0 spiro atoms. The van der Waals surface area contributed by atoms with Gasteiger partial charge in [0.1, 0.15) is 5.82 Å². The van der Waals surface area contributed by atoms with E-state index in [0.29, 0.717) is 12.3 Å². The lowest BCUT2D eigenvalue weighted by molar-refractivity contribution is 0.0949. The maximum atomic E-state index is 13.1. The molecule has 1 heterocycles. The van der Waals surface area contributed by atoms with Crippen LogP contribution in [0.2, 0.25) is 0 Å². The molecule has 1 aliphatic rings. The van der Waals surface area contributed by atoms with Crippen LogP contribution < -0.4 is 0 Å². The number of benzene rings is 1. The summed E-state index contributed by atoms with van der Waals surface area (Å²) in [5.74, 6) is 0.549. The van der Waals surface area contributed by atoms with Crippen LogP contribution >= 0.6 is 0 Å². The van der Waals surface area contributed by atoms with Crippen molar-refractivity contribution in [3.05, 3.63) is 53.1 Å².